The van der Waals surface area contributed by atoms with Crippen LogP contribution in [0.1, 0.15) is 118 Å². The third-order valence-corrected chi connectivity index (χ3v) is 5.78. The Balaban J connectivity index is 0. The third-order valence-electron chi connectivity index (χ3n) is 5.78. The predicted molar refractivity (Wildman–Crippen MR) is 125 cm³/mol. The van der Waals surface area contributed by atoms with Crippen LogP contribution in [0, 0.1) is 0 Å². The van der Waals surface area contributed by atoms with Gasteiger partial charge < -0.3 is 9.90 Å². The van der Waals surface area contributed by atoms with E-state index in [2.05, 4.69) is 56.9 Å². The summed E-state index contributed by atoms with van der Waals surface area (Å²) in [5.74, 6) is -0.923. The van der Waals surface area contributed by atoms with E-state index in [9.17, 15) is 9.90 Å². The SMILES string of the molecule is C/C=C/CCCCCC(CCC)N(CC(=O)[O-])C(CCC)CCCCC/C=C/C.[K+]. The van der Waals surface area contributed by atoms with Crippen molar-refractivity contribution in [2.45, 2.75) is 130 Å². The van der Waals surface area contributed by atoms with Gasteiger partial charge in [0.1, 0.15) is 0 Å². The van der Waals surface area contributed by atoms with Crippen molar-refractivity contribution in [3.05, 3.63) is 24.3 Å². The molecule has 170 valence electrons. The van der Waals surface area contributed by atoms with E-state index in [4.69, 9.17) is 0 Å². The molecule has 0 N–H and O–H groups in total. The van der Waals surface area contributed by atoms with E-state index in [0.29, 0.717) is 12.1 Å². The molecule has 3 nitrogen and oxygen atoms in total. The molecule has 0 rings (SSSR count). The van der Waals surface area contributed by atoms with Gasteiger partial charge >= 0.3 is 51.4 Å². The fourth-order valence-corrected chi connectivity index (χ4v) is 4.30. The van der Waals surface area contributed by atoms with Gasteiger partial charge in [0.15, 0.2) is 0 Å². The molecule has 0 heterocycles. The van der Waals surface area contributed by atoms with Gasteiger partial charge in [-0.05, 0) is 65.2 Å². The zero-order chi connectivity index (χ0) is 21.7. The Kier molecular flexibility index (Phi) is 26.4. The Morgan fingerprint density at radius 1 is 0.767 bits per heavy atom. The van der Waals surface area contributed by atoms with Gasteiger partial charge in [0.2, 0.25) is 0 Å². The number of hydrogen-bond donors (Lipinski definition) is 0. The summed E-state index contributed by atoms with van der Waals surface area (Å²) in [6, 6.07) is 0.749. The minimum Gasteiger partial charge on any atom is -0.549 e. The first-order valence-electron chi connectivity index (χ1n) is 12.3. The second-order valence-corrected chi connectivity index (χ2v) is 8.34. The zero-order valence-corrected chi connectivity index (χ0v) is 24.0. The van der Waals surface area contributed by atoms with Crippen molar-refractivity contribution in [1.82, 2.24) is 4.90 Å². The quantitative estimate of drug-likeness (QED) is 0.164. The molecule has 0 radical (unpaired) electrons. The second kappa shape index (κ2) is 24.2. The molecule has 0 aromatic heterocycles. The third kappa shape index (κ3) is 18.1. The monoisotopic (exact) mass is 445 g/mol. The van der Waals surface area contributed by atoms with Crippen LogP contribution in [-0.4, -0.2) is 29.5 Å². The Morgan fingerprint density at radius 3 is 1.53 bits per heavy atom. The topological polar surface area (TPSA) is 43.4 Å². The van der Waals surface area contributed by atoms with Crippen LogP contribution in [0.4, 0.5) is 0 Å². The Bertz CT molecular complexity index is 405. The average Bonchev–Trinajstić information content (AvgIpc) is 2.69. The molecular weight excluding hydrogens is 397 g/mol. The summed E-state index contributed by atoms with van der Waals surface area (Å²) in [5, 5.41) is 11.6. The maximum atomic E-state index is 11.6. The summed E-state index contributed by atoms with van der Waals surface area (Å²) in [6.07, 6.45) is 24.9. The fourth-order valence-electron chi connectivity index (χ4n) is 4.30. The van der Waals surface area contributed by atoms with E-state index in [-0.39, 0.29) is 57.9 Å². The number of carbonyl (C=O) groups excluding carboxylic acids is 1. The van der Waals surface area contributed by atoms with Gasteiger partial charge in [-0.1, -0.05) is 76.7 Å². The van der Waals surface area contributed by atoms with Gasteiger partial charge in [0, 0.05) is 18.6 Å². The Morgan fingerprint density at radius 2 is 1.20 bits per heavy atom. The number of rotatable bonds is 20. The first-order chi connectivity index (χ1) is 14.1. The molecule has 0 aromatic rings. The summed E-state index contributed by atoms with van der Waals surface area (Å²) >= 11 is 0. The van der Waals surface area contributed by atoms with Crippen molar-refractivity contribution < 1.29 is 61.3 Å². The van der Waals surface area contributed by atoms with Crippen molar-refractivity contribution in [2.24, 2.45) is 0 Å². The van der Waals surface area contributed by atoms with Crippen LogP contribution in [-0.2, 0) is 4.79 Å². The Hall–Kier alpha value is 0.546. The number of carbonyl (C=O) groups is 1. The molecule has 4 heteroatoms. The van der Waals surface area contributed by atoms with E-state index in [1.54, 1.807) is 0 Å². The molecule has 0 amide bonds. The van der Waals surface area contributed by atoms with Gasteiger partial charge in [0.25, 0.3) is 0 Å². The molecule has 0 spiro atoms. The molecule has 2 atom stereocenters. The van der Waals surface area contributed by atoms with Gasteiger partial charge in [-0.3, -0.25) is 4.90 Å². The zero-order valence-electron chi connectivity index (χ0n) is 20.8. The van der Waals surface area contributed by atoms with E-state index >= 15 is 0 Å². The van der Waals surface area contributed by atoms with Crippen LogP contribution < -0.4 is 56.5 Å². The van der Waals surface area contributed by atoms with E-state index < -0.39 is 5.97 Å². The van der Waals surface area contributed by atoms with E-state index in [0.717, 1.165) is 51.4 Å². The van der Waals surface area contributed by atoms with Crippen LogP contribution in [0.25, 0.3) is 0 Å². The van der Waals surface area contributed by atoms with Crippen molar-refractivity contribution in [3.8, 4) is 0 Å². The number of nitrogens with zero attached hydrogens (tertiary/aromatic N) is 1. The number of carboxylic acids is 1. The first kappa shape index (κ1) is 32.7. The van der Waals surface area contributed by atoms with E-state index in [1.165, 1.54) is 38.5 Å². The summed E-state index contributed by atoms with van der Waals surface area (Å²) in [6.45, 7) is 8.66. The fraction of sp³-hybridized carbons (Fsp3) is 0.808. The van der Waals surface area contributed by atoms with Crippen LogP contribution in [0.3, 0.4) is 0 Å². The van der Waals surface area contributed by atoms with Gasteiger partial charge in [-0.25, -0.2) is 0 Å². The number of hydrogen-bond acceptors (Lipinski definition) is 3. The summed E-state index contributed by atoms with van der Waals surface area (Å²) in [4.78, 5) is 13.9. The minimum absolute atomic E-state index is 0. The smallest absolute Gasteiger partial charge is 0.549 e. The maximum Gasteiger partial charge on any atom is 1.00 e. The molecule has 30 heavy (non-hydrogen) atoms. The molecule has 0 aliphatic heterocycles. The minimum atomic E-state index is -0.923. The molecule has 2 unspecified atom stereocenters. The number of allylic oxidation sites excluding steroid dienone is 4. The largest absolute Gasteiger partial charge is 1.00 e. The first-order valence-corrected chi connectivity index (χ1v) is 12.3. The summed E-state index contributed by atoms with van der Waals surface area (Å²) in [5.41, 5.74) is 0. The molecular formula is C26H48KNO2. The van der Waals surface area contributed by atoms with Gasteiger partial charge in [-0.2, -0.15) is 0 Å². The van der Waals surface area contributed by atoms with Crippen LogP contribution in [0.5, 0.6) is 0 Å². The van der Waals surface area contributed by atoms with Crippen LogP contribution in [0.15, 0.2) is 24.3 Å². The molecule has 0 aliphatic carbocycles. The standard InChI is InChI=1S/C26H49NO2.K/c1-5-9-11-13-15-17-21-24(19-7-3)27(23-26(28)29)25(20-8-4)22-18-16-14-12-10-6-2;/h5-6,9-10,24-25H,7-8,11-23H2,1-4H3,(H,28,29);/q;+1/p-1/b9-5+,10-6+;. The van der Waals surface area contributed by atoms with Crippen molar-refractivity contribution in [3.63, 3.8) is 0 Å². The average molecular weight is 446 g/mol. The van der Waals surface area contributed by atoms with Gasteiger partial charge in [-0.15, -0.1) is 0 Å². The summed E-state index contributed by atoms with van der Waals surface area (Å²) in [7, 11) is 0. The molecule has 0 aromatic carbocycles. The van der Waals surface area contributed by atoms with Crippen LogP contribution >= 0.6 is 0 Å². The van der Waals surface area contributed by atoms with Crippen molar-refractivity contribution in [1.29, 1.82) is 0 Å². The van der Waals surface area contributed by atoms with Crippen molar-refractivity contribution >= 4 is 5.97 Å². The molecule has 0 aliphatic rings. The normalized spacial score (nSPS) is 13.8. The number of aliphatic carboxylic acids is 1. The van der Waals surface area contributed by atoms with Gasteiger partial charge in [0.05, 0.1) is 5.97 Å². The summed E-state index contributed by atoms with van der Waals surface area (Å²) < 4.78 is 0. The van der Waals surface area contributed by atoms with Crippen molar-refractivity contribution in [2.75, 3.05) is 6.54 Å². The molecule has 0 fully saturated rings. The number of carboxylic acid groups (broad SMARTS) is 1. The van der Waals surface area contributed by atoms with E-state index in [1.807, 2.05) is 0 Å². The second-order valence-electron chi connectivity index (χ2n) is 8.34. The molecule has 0 bridgehead atoms. The van der Waals surface area contributed by atoms with Crippen LogP contribution in [0.2, 0.25) is 0 Å². The Labute approximate surface area is 230 Å². The molecule has 0 saturated heterocycles. The predicted octanol–water partition coefficient (Wildman–Crippen LogP) is 3.43. The molecule has 0 saturated carbocycles. The number of unbranched alkanes of at least 4 members (excludes halogenated alkanes) is 6. The maximum absolute atomic E-state index is 11.6.